The molecule has 7 heteroatoms. The van der Waals surface area contributed by atoms with Crippen LogP contribution in [0.15, 0.2) is 24.3 Å². The maximum atomic E-state index is 11.2. The minimum atomic E-state index is -0.317. The molecular weight excluding hydrogens is 270 g/mol. The van der Waals surface area contributed by atoms with Crippen LogP contribution in [0.3, 0.4) is 0 Å². The van der Waals surface area contributed by atoms with Crippen LogP contribution >= 0.6 is 0 Å². The van der Waals surface area contributed by atoms with Gasteiger partial charge in [-0.2, -0.15) is 15.0 Å². The number of nitrogens with one attached hydrogen (secondary N) is 1. The maximum absolute atomic E-state index is 11.2. The van der Waals surface area contributed by atoms with Gasteiger partial charge < -0.3 is 15.8 Å². The molecule has 0 spiro atoms. The van der Waals surface area contributed by atoms with Crippen molar-refractivity contribution in [3.63, 3.8) is 0 Å². The smallest absolute Gasteiger partial charge is 0.305 e. The zero-order valence-corrected chi connectivity index (χ0v) is 12.0. The lowest BCUT2D eigenvalue weighted by atomic mass is 10.2. The van der Waals surface area contributed by atoms with Crippen molar-refractivity contribution < 1.29 is 9.53 Å². The van der Waals surface area contributed by atoms with Gasteiger partial charge in [-0.3, -0.25) is 4.79 Å². The van der Waals surface area contributed by atoms with Crippen LogP contribution in [0.5, 0.6) is 0 Å². The summed E-state index contributed by atoms with van der Waals surface area (Å²) in [5, 5.41) is 3.07. The van der Waals surface area contributed by atoms with Crippen molar-refractivity contribution in [1.29, 1.82) is 0 Å². The average Bonchev–Trinajstić information content (AvgIpc) is 2.46. The van der Waals surface area contributed by atoms with Crippen molar-refractivity contribution in [2.75, 3.05) is 11.1 Å². The topological polar surface area (TPSA) is 103 Å². The maximum Gasteiger partial charge on any atom is 0.305 e. The highest BCUT2D eigenvalue weighted by Crippen LogP contribution is 2.17. The number of aromatic nitrogens is 3. The lowest BCUT2D eigenvalue weighted by Gasteiger charge is -2.09. The first-order valence-corrected chi connectivity index (χ1v) is 6.57. The van der Waals surface area contributed by atoms with E-state index in [1.807, 2.05) is 31.2 Å². The SMILES string of the molecule is CCC(=O)OCc1nc(N)nc(Nc2ccccc2C)n1. The summed E-state index contributed by atoms with van der Waals surface area (Å²) < 4.78 is 4.99. The molecule has 0 atom stereocenters. The first-order chi connectivity index (χ1) is 10.1. The Hall–Kier alpha value is -2.70. The van der Waals surface area contributed by atoms with Gasteiger partial charge in [0.1, 0.15) is 0 Å². The number of nitrogens with zero attached hydrogens (tertiary/aromatic N) is 3. The quantitative estimate of drug-likeness (QED) is 0.810. The van der Waals surface area contributed by atoms with Crippen LogP contribution in [-0.4, -0.2) is 20.9 Å². The third-order valence-corrected chi connectivity index (χ3v) is 2.74. The lowest BCUT2D eigenvalue weighted by molar-refractivity contribution is -0.144. The van der Waals surface area contributed by atoms with E-state index in [0.29, 0.717) is 18.2 Å². The molecule has 0 saturated carbocycles. The molecule has 0 aliphatic heterocycles. The number of nitrogen functional groups attached to an aromatic ring is 1. The van der Waals surface area contributed by atoms with Gasteiger partial charge in [0.15, 0.2) is 12.4 Å². The molecule has 110 valence electrons. The van der Waals surface area contributed by atoms with Gasteiger partial charge in [-0.25, -0.2) is 0 Å². The third kappa shape index (κ3) is 4.13. The van der Waals surface area contributed by atoms with Crippen LogP contribution in [0.2, 0.25) is 0 Å². The number of aryl methyl sites for hydroxylation is 1. The fourth-order valence-corrected chi connectivity index (χ4v) is 1.64. The Morgan fingerprint density at radius 2 is 2.05 bits per heavy atom. The van der Waals surface area contributed by atoms with Crippen molar-refractivity contribution in [1.82, 2.24) is 15.0 Å². The van der Waals surface area contributed by atoms with Crippen molar-refractivity contribution in [3.8, 4) is 0 Å². The second-order valence-corrected chi connectivity index (χ2v) is 4.39. The van der Waals surface area contributed by atoms with E-state index in [1.54, 1.807) is 6.92 Å². The van der Waals surface area contributed by atoms with E-state index in [1.165, 1.54) is 0 Å². The van der Waals surface area contributed by atoms with Gasteiger partial charge in [0.05, 0.1) is 0 Å². The molecule has 0 aliphatic carbocycles. The van der Waals surface area contributed by atoms with Crippen LogP contribution in [0.25, 0.3) is 0 Å². The number of hydrogen-bond donors (Lipinski definition) is 2. The van der Waals surface area contributed by atoms with E-state index in [4.69, 9.17) is 10.5 Å². The highest BCUT2D eigenvalue weighted by molar-refractivity contribution is 5.68. The Kier molecular flexibility index (Phi) is 4.65. The summed E-state index contributed by atoms with van der Waals surface area (Å²) in [7, 11) is 0. The van der Waals surface area contributed by atoms with Crippen molar-refractivity contribution in [2.24, 2.45) is 0 Å². The molecule has 3 N–H and O–H groups in total. The van der Waals surface area contributed by atoms with Gasteiger partial charge in [0.25, 0.3) is 0 Å². The first-order valence-electron chi connectivity index (χ1n) is 6.57. The molecular formula is C14H17N5O2. The number of para-hydroxylation sites is 1. The number of rotatable bonds is 5. The summed E-state index contributed by atoms with van der Waals surface area (Å²) in [5.74, 6) is 0.380. The number of ether oxygens (including phenoxy) is 1. The Labute approximate surface area is 122 Å². The molecule has 0 bridgehead atoms. The van der Waals surface area contributed by atoms with Gasteiger partial charge in [0, 0.05) is 12.1 Å². The largest absolute Gasteiger partial charge is 0.457 e. The highest BCUT2D eigenvalue weighted by atomic mass is 16.5. The van der Waals surface area contributed by atoms with Crippen LogP contribution < -0.4 is 11.1 Å². The first kappa shape index (κ1) is 14.7. The average molecular weight is 287 g/mol. The lowest BCUT2D eigenvalue weighted by Crippen LogP contribution is -2.10. The molecule has 0 radical (unpaired) electrons. The van der Waals surface area contributed by atoms with E-state index in [9.17, 15) is 4.79 Å². The molecule has 0 amide bonds. The monoisotopic (exact) mass is 287 g/mol. The zero-order valence-electron chi connectivity index (χ0n) is 12.0. The van der Waals surface area contributed by atoms with Crippen molar-refractivity contribution >= 4 is 23.6 Å². The van der Waals surface area contributed by atoms with Crippen LogP contribution in [0, 0.1) is 6.92 Å². The van der Waals surface area contributed by atoms with Crippen LogP contribution in [0.4, 0.5) is 17.6 Å². The predicted molar refractivity (Wildman–Crippen MR) is 78.8 cm³/mol. The van der Waals surface area contributed by atoms with E-state index in [2.05, 4.69) is 20.3 Å². The molecule has 0 fully saturated rings. The fourth-order valence-electron chi connectivity index (χ4n) is 1.64. The standard InChI is InChI=1S/C14H17N5O2/c1-3-12(20)21-8-11-17-13(15)19-14(18-11)16-10-7-5-4-6-9(10)2/h4-7H,3,8H2,1-2H3,(H3,15,16,17,18,19). The zero-order chi connectivity index (χ0) is 15.2. The predicted octanol–water partition coefficient (Wildman–Crippen LogP) is 1.96. The summed E-state index contributed by atoms with van der Waals surface area (Å²) in [6, 6.07) is 7.73. The summed E-state index contributed by atoms with van der Waals surface area (Å²) in [6.45, 7) is 3.66. The second-order valence-electron chi connectivity index (χ2n) is 4.39. The van der Waals surface area contributed by atoms with Crippen molar-refractivity contribution in [2.45, 2.75) is 26.9 Å². The molecule has 1 heterocycles. The Morgan fingerprint density at radius 3 is 2.76 bits per heavy atom. The molecule has 1 aromatic carbocycles. The summed E-state index contributed by atoms with van der Waals surface area (Å²) in [6.07, 6.45) is 0.300. The fraction of sp³-hybridized carbons (Fsp3) is 0.286. The number of nitrogens with two attached hydrogens (primary N) is 1. The minimum absolute atomic E-state index is 0.0259. The number of esters is 1. The van der Waals surface area contributed by atoms with E-state index >= 15 is 0 Å². The number of carbonyl (C=O) groups excluding carboxylic acids is 1. The highest BCUT2D eigenvalue weighted by Gasteiger charge is 2.08. The second kappa shape index (κ2) is 6.65. The summed E-state index contributed by atoms with van der Waals surface area (Å²) in [5.41, 5.74) is 7.57. The summed E-state index contributed by atoms with van der Waals surface area (Å²) >= 11 is 0. The molecule has 2 rings (SSSR count). The van der Waals surface area contributed by atoms with E-state index < -0.39 is 0 Å². The molecule has 21 heavy (non-hydrogen) atoms. The number of anilines is 3. The number of carbonyl (C=O) groups is 1. The minimum Gasteiger partial charge on any atom is -0.457 e. The number of benzene rings is 1. The molecule has 1 aromatic heterocycles. The molecule has 0 unspecified atom stereocenters. The molecule has 0 saturated heterocycles. The van der Waals surface area contributed by atoms with Crippen LogP contribution in [-0.2, 0) is 16.1 Å². The Balaban J connectivity index is 2.15. The molecule has 2 aromatic rings. The van der Waals surface area contributed by atoms with Gasteiger partial charge >= 0.3 is 5.97 Å². The van der Waals surface area contributed by atoms with E-state index in [-0.39, 0.29) is 18.5 Å². The van der Waals surface area contributed by atoms with Gasteiger partial charge in [-0.1, -0.05) is 25.1 Å². The Bertz CT molecular complexity index is 645. The van der Waals surface area contributed by atoms with Gasteiger partial charge in [0.2, 0.25) is 11.9 Å². The van der Waals surface area contributed by atoms with Crippen molar-refractivity contribution in [3.05, 3.63) is 35.7 Å². The number of hydrogen-bond acceptors (Lipinski definition) is 7. The third-order valence-electron chi connectivity index (χ3n) is 2.74. The summed E-state index contributed by atoms with van der Waals surface area (Å²) in [4.78, 5) is 23.3. The Morgan fingerprint density at radius 1 is 1.29 bits per heavy atom. The van der Waals surface area contributed by atoms with Crippen LogP contribution in [0.1, 0.15) is 24.7 Å². The van der Waals surface area contributed by atoms with E-state index in [0.717, 1.165) is 11.3 Å². The molecule has 0 aliphatic rings. The molecule has 7 nitrogen and oxygen atoms in total. The normalized spacial score (nSPS) is 10.2. The van der Waals surface area contributed by atoms with Gasteiger partial charge in [-0.15, -0.1) is 0 Å². The van der Waals surface area contributed by atoms with Gasteiger partial charge in [-0.05, 0) is 18.6 Å².